The molecular weight excluding hydrogens is 387 g/mol. The van der Waals surface area contributed by atoms with Crippen LogP contribution in [0.5, 0.6) is 11.5 Å². The molecule has 0 bridgehead atoms. The number of carbonyl (C=O) groups is 2. The number of ketones is 1. The number of hydrogen-bond acceptors (Lipinski definition) is 6. The summed E-state index contributed by atoms with van der Waals surface area (Å²) >= 11 is 13.1. The Bertz CT molecular complexity index is 802. The van der Waals surface area contributed by atoms with Crippen LogP contribution in [0.25, 0.3) is 0 Å². The van der Waals surface area contributed by atoms with Gasteiger partial charge in [0.25, 0.3) is 0 Å². The van der Waals surface area contributed by atoms with E-state index in [1.54, 1.807) is 24.3 Å². The first-order valence-corrected chi connectivity index (χ1v) is 9.12. The zero-order valence-corrected chi connectivity index (χ0v) is 15.4. The lowest BCUT2D eigenvalue weighted by atomic mass is 10.2. The minimum absolute atomic E-state index is 0.00658. The Morgan fingerprint density at radius 3 is 2.68 bits per heavy atom. The molecular formula is C17H14Cl2O5S. The molecule has 1 aromatic heterocycles. The van der Waals surface area contributed by atoms with Crippen molar-refractivity contribution in [3.8, 4) is 11.5 Å². The summed E-state index contributed by atoms with van der Waals surface area (Å²) in [4.78, 5) is 24.3. The molecule has 2 aromatic rings. The number of carbonyl (C=O) groups excluding carboxylic acids is 2. The van der Waals surface area contributed by atoms with Crippen LogP contribution in [0.4, 0.5) is 0 Å². The molecule has 0 radical (unpaired) electrons. The molecule has 0 unspecified atom stereocenters. The van der Waals surface area contributed by atoms with Gasteiger partial charge in [-0.05, 0) is 29.8 Å². The van der Waals surface area contributed by atoms with E-state index >= 15 is 0 Å². The van der Waals surface area contributed by atoms with E-state index < -0.39 is 5.97 Å². The lowest BCUT2D eigenvalue weighted by Crippen LogP contribution is -2.16. The maximum absolute atomic E-state index is 11.9. The van der Waals surface area contributed by atoms with Crippen LogP contribution in [0.3, 0.4) is 0 Å². The zero-order chi connectivity index (χ0) is 17.8. The summed E-state index contributed by atoms with van der Waals surface area (Å²) in [5.41, 5.74) is 0.693. The molecule has 0 spiro atoms. The molecule has 1 aliphatic rings. The molecule has 0 amide bonds. The summed E-state index contributed by atoms with van der Waals surface area (Å²) in [6, 6.07) is 6.70. The highest BCUT2D eigenvalue weighted by atomic mass is 35.5. The van der Waals surface area contributed by atoms with Gasteiger partial charge in [-0.3, -0.25) is 9.59 Å². The van der Waals surface area contributed by atoms with Crippen LogP contribution in [0.15, 0.2) is 24.3 Å². The van der Waals surface area contributed by atoms with E-state index in [0.717, 1.165) is 0 Å². The smallest absolute Gasteiger partial charge is 0.306 e. The Kier molecular flexibility index (Phi) is 5.83. The zero-order valence-electron chi connectivity index (χ0n) is 13.1. The van der Waals surface area contributed by atoms with Crippen LogP contribution in [-0.4, -0.2) is 25.0 Å². The molecule has 25 heavy (non-hydrogen) atoms. The number of benzene rings is 1. The van der Waals surface area contributed by atoms with Gasteiger partial charge in [-0.15, -0.1) is 11.3 Å². The van der Waals surface area contributed by atoms with Gasteiger partial charge in [-0.1, -0.05) is 23.2 Å². The number of halogens is 2. The number of fused-ring (bicyclic) bond motifs is 1. The average molecular weight is 401 g/mol. The topological polar surface area (TPSA) is 61.8 Å². The van der Waals surface area contributed by atoms with Gasteiger partial charge in [0.05, 0.1) is 20.7 Å². The summed E-state index contributed by atoms with van der Waals surface area (Å²) < 4.78 is 16.7. The van der Waals surface area contributed by atoms with Crippen molar-refractivity contribution in [3.05, 3.63) is 44.1 Å². The van der Waals surface area contributed by atoms with Crippen molar-refractivity contribution < 1.29 is 23.8 Å². The third kappa shape index (κ3) is 4.66. The van der Waals surface area contributed by atoms with Gasteiger partial charge >= 0.3 is 5.97 Å². The fourth-order valence-corrected chi connectivity index (χ4v) is 3.58. The van der Waals surface area contributed by atoms with Gasteiger partial charge < -0.3 is 14.2 Å². The monoisotopic (exact) mass is 400 g/mol. The van der Waals surface area contributed by atoms with Crippen LogP contribution in [0.1, 0.15) is 28.1 Å². The Hall–Kier alpha value is -1.76. The normalized spacial score (nSPS) is 12.7. The van der Waals surface area contributed by atoms with E-state index in [2.05, 4.69) is 0 Å². The van der Waals surface area contributed by atoms with Crippen molar-refractivity contribution in [2.45, 2.75) is 19.4 Å². The van der Waals surface area contributed by atoms with Gasteiger partial charge in [0.15, 0.2) is 17.3 Å². The first kappa shape index (κ1) is 18.0. The van der Waals surface area contributed by atoms with Gasteiger partial charge in [-0.25, -0.2) is 0 Å². The molecule has 2 heterocycles. The summed E-state index contributed by atoms with van der Waals surface area (Å²) in [6.07, 6.45) is 0.0875. The molecule has 5 nitrogen and oxygen atoms in total. The number of rotatable bonds is 6. The van der Waals surface area contributed by atoms with E-state index in [1.807, 2.05) is 0 Å². The lowest BCUT2D eigenvalue weighted by molar-refractivity contribution is -0.144. The highest BCUT2D eigenvalue weighted by molar-refractivity contribution is 7.18. The molecule has 0 N–H and O–H groups in total. The maximum Gasteiger partial charge on any atom is 0.306 e. The van der Waals surface area contributed by atoms with Gasteiger partial charge in [-0.2, -0.15) is 0 Å². The second kappa shape index (κ2) is 8.08. The van der Waals surface area contributed by atoms with Crippen molar-refractivity contribution in [2.75, 3.05) is 13.2 Å². The number of esters is 1. The minimum atomic E-state index is -0.456. The third-order valence-electron chi connectivity index (χ3n) is 3.46. The van der Waals surface area contributed by atoms with E-state index in [1.165, 1.54) is 11.3 Å². The molecule has 0 aliphatic carbocycles. The molecule has 1 aromatic carbocycles. The molecule has 3 rings (SSSR count). The van der Waals surface area contributed by atoms with Crippen LogP contribution < -0.4 is 9.47 Å². The standard InChI is InChI=1S/C17H14Cl2O5S/c18-11-7-10(8-13-17(11)23-6-5-22-13)9-24-16(21)4-1-12(20)14-2-3-15(19)25-14/h2-3,7-8H,1,4-6,9H2. The SMILES string of the molecule is O=C(CCC(=O)c1ccc(Cl)s1)OCc1cc(Cl)c2c(c1)OCCO2. The van der Waals surface area contributed by atoms with Crippen LogP contribution in [-0.2, 0) is 16.1 Å². The number of Topliss-reactive ketones (excluding diaryl/α,β-unsaturated/α-hetero) is 1. The first-order valence-electron chi connectivity index (χ1n) is 7.55. The third-order valence-corrected chi connectivity index (χ3v) is 5.01. The first-order chi connectivity index (χ1) is 12.0. The molecule has 0 saturated carbocycles. The Morgan fingerprint density at radius 1 is 1.12 bits per heavy atom. The van der Waals surface area contributed by atoms with Crippen molar-refractivity contribution >= 4 is 46.3 Å². The van der Waals surface area contributed by atoms with Crippen molar-refractivity contribution in [1.82, 2.24) is 0 Å². The predicted molar refractivity (Wildman–Crippen MR) is 95.1 cm³/mol. The number of thiophene rings is 1. The summed E-state index contributed by atoms with van der Waals surface area (Å²) in [5.74, 6) is 0.455. The van der Waals surface area contributed by atoms with E-state index in [0.29, 0.717) is 44.5 Å². The second-order valence-corrected chi connectivity index (χ2v) is 7.41. The second-order valence-electron chi connectivity index (χ2n) is 5.29. The van der Waals surface area contributed by atoms with E-state index in [-0.39, 0.29) is 25.2 Å². The Labute approximate surface area is 158 Å². The Balaban J connectivity index is 1.51. The average Bonchev–Trinajstić information content (AvgIpc) is 3.04. The summed E-state index contributed by atoms with van der Waals surface area (Å²) in [6.45, 7) is 0.945. The van der Waals surface area contributed by atoms with E-state index in [9.17, 15) is 9.59 Å². The maximum atomic E-state index is 11.9. The highest BCUT2D eigenvalue weighted by Gasteiger charge is 2.17. The van der Waals surface area contributed by atoms with Crippen LogP contribution in [0.2, 0.25) is 9.36 Å². The van der Waals surface area contributed by atoms with Gasteiger partial charge in [0, 0.05) is 6.42 Å². The molecule has 132 valence electrons. The van der Waals surface area contributed by atoms with Crippen molar-refractivity contribution in [1.29, 1.82) is 0 Å². The molecule has 1 aliphatic heterocycles. The molecule has 8 heteroatoms. The minimum Gasteiger partial charge on any atom is -0.486 e. The lowest BCUT2D eigenvalue weighted by Gasteiger charge is -2.20. The van der Waals surface area contributed by atoms with Crippen LogP contribution >= 0.6 is 34.5 Å². The summed E-state index contributed by atoms with van der Waals surface area (Å²) in [5, 5.41) is 0.410. The fraction of sp³-hybridized carbons (Fsp3) is 0.294. The highest BCUT2D eigenvalue weighted by Crippen LogP contribution is 2.38. The van der Waals surface area contributed by atoms with Gasteiger partial charge in [0.1, 0.15) is 19.8 Å². The van der Waals surface area contributed by atoms with Crippen molar-refractivity contribution in [2.24, 2.45) is 0 Å². The molecule has 0 fully saturated rings. The molecule has 0 atom stereocenters. The van der Waals surface area contributed by atoms with E-state index in [4.69, 9.17) is 37.4 Å². The summed E-state index contributed by atoms with van der Waals surface area (Å²) in [7, 11) is 0. The largest absolute Gasteiger partial charge is 0.486 e. The van der Waals surface area contributed by atoms with Gasteiger partial charge in [0.2, 0.25) is 0 Å². The molecule has 0 saturated heterocycles. The quantitative estimate of drug-likeness (QED) is 0.526. The fourth-order valence-electron chi connectivity index (χ4n) is 2.29. The van der Waals surface area contributed by atoms with Crippen LogP contribution in [0, 0.1) is 0 Å². The number of ether oxygens (including phenoxy) is 3. The number of hydrogen-bond donors (Lipinski definition) is 0. The predicted octanol–water partition coefficient (Wildman–Crippen LogP) is 4.53. The Morgan fingerprint density at radius 2 is 1.92 bits per heavy atom. The van der Waals surface area contributed by atoms with Crippen molar-refractivity contribution in [3.63, 3.8) is 0 Å².